The molecule has 1 aliphatic heterocycles. The fraction of sp³-hybridized carbons (Fsp3) is 0.120. The Balaban J connectivity index is 1.78. The van der Waals surface area contributed by atoms with Gasteiger partial charge in [0.1, 0.15) is 5.76 Å². The van der Waals surface area contributed by atoms with Crippen molar-refractivity contribution in [1.82, 2.24) is 4.90 Å². The van der Waals surface area contributed by atoms with Crippen LogP contribution in [0.4, 0.5) is 0 Å². The lowest BCUT2D eigenvalue weighted by atomic mass is 9.95. The van der Waals surface area contributed by atoms with Gasteiger partial charge in [-0.1, -0.05) is 65.7 Å². The summed E-state index contributed by atoms with van der Waals surface area (Å²) in [5.74, 6) is -1.57. The van der Waals surface area contributed by atoms with E-state index in [4.69, 9.17) is 23.2 Å². The van der Waals surface area contributed by atoms with Crippen LogP contribution in [0.2, 0.25) is 10.0 Å². The maximum atomic E-state index is 13.0. The molecule has 1 N–H and O–H groups in total. The second-order valence-electron chi connectivity index (χ2n) is 7.29. The monoisotopic (exact) mass is 451 g/mol. The maximum absolute atomic E-state index is 13.0. The molecule has 1 atom stereocenters. The number of carbonyl (C=O) groups excluding carboxylic acids is 2. The van der Waals surface area contributed by atoms with E-state index in [1.807, 2.05) is 30.3 Å². The van der Waals surface area contributed by atoms with Crippen LogP contribution in [0.15, 0.2) is 84.4 Å². The summed E-state index contributed by atoms with van der Waals surface area (Å²) in [7, 11) is 0. The summed E-state index contributed by atoms with van der Waals surface area (Å²) in [6.45, 7) is 0.333. The van der Waals surface area contributed by atoms with E-state index in [1.54, 1.807) is 48.5 Å². The Morgan fingerprint density at radius 3 is 2.03 bits per heavy atom. The second-order valence-corrected chi connectivity index (χ2v) is 8.16. The van der Waals surface area contributed by atoms with E-state index < -0.39 is 17.7 Å². The molecule has 3 aromatic rings. The molecule has 0 aliphatic carbocycles. The van der Waals surface area contributed by atoms with Crippen molar-refractivity contribution in [3.8, 4) is 0 Å². The smallest absolute Gasteiger partial charge is 0.295 e. The van der Waals surface area contributed by atoms with E-state index in [0.717, 1.165) is 5.56 Å². The maximum Gasteiger partial charge on any atom is 0.295 e. The molecule has 0 saturated carbocycles. The zero-order valence-corrected chi connectivity index (χ0v) is 18.0. The Bertz CT molecular complexity index is 1140. The third-order valence-corrected chi connectivity index (χ3v) is 5.83. The number of rotatable bonds is 5. The van der Waals surface area contributed by atoms with Gasteiger partial charge in [0.25, 0.3) is 11.7 Å². The molecule has 0 spiro atoms. The molecule has 1 fully saturated rings. The number of benzene rings is 3. The van der Waals surface area contributed by atoms with Gasteiger partial charge in [-0.05, 0) is 53.9 Å². The number of amides is 1. The van der Waals surface area contributed by atoms with Gasteiger partial charge >= 0.3 is 0 Å². The van der Waals surface area contributed by atoms with Crippen LogP contribution < -0.4 is 0 Å². The van der Waals surface area contributed by atoms with Crippen LogP contribution >= 0.6 is 23.2 Å². The van der Waals surface area contributed by atoms with Crippen molar-refractivity contribution in [2.75, 3.05) is 6.54 Å². The highest BCUT2D eigenvalue weighted by Crippen LogP contribution is 2.39. The number of hydrogen-bond acceptors (Lipinski definition) is 3. The molecule has 0 unspecified atom stereocenters. The second kappa shape index (κ2) is 8.96. The van der Waals surface area contributed by atoms with Crippen LogP contribution in [0.25, 0.3) is 5.76 Å². The van der Waals surface area contributed by atoms with E-state index in [1.165, 1.54) is 4.90 Å². The zero-order chi connectivity index (χ0) is 22.0. The highest BCUT2D eigenvalue weighted by atomic mass is 35.5. The highest BCUT2D eigenvalue weighted by Gasteiger charge is 2.45. The van der Waals surface area contributed by atoms with Crippen molar-refractivity contribution in [2.45, 2.75) is 12.5 Å². The number of hydrogen-bond donors (Lipinski definition) is 1. The van der Waals surface area contributed by atoms with Gasteiger partial charge in [-0.25, -0.2) is 0 Å². The molecular formula is C25H19Cl2NO3. The Morgan fingerprint density at radius 2 is 1.42 bits per heavy atom. The number of nitrogens with zero attached hydrogens (tertiary/aromatic N) is 1. The van der Waals surface area contributed by atoms with Gasteiger partial charge < -0.3 is 10.0 Å². The van der Waals surface area contributed by atoms with E-state index >= 15 is 0 Å². The van der Waals surface area contributed by atoms with E-state index in [-0.39, 0.29) is 11.3 Å². The van der Waals surface area contributed by atoms with Crippen molar-refractivity contribution in [3.63, 3.8) is 0 Å². The van der Waals surface area contributed by atoms with Gasteiger partial charge in [0, 0.05) is 22.2 Å². The summed E-state index contributed by atoms with van der Waals surface area (Å²) >= 11 is 12.0. The molecule has 3 aromatic carbocycles. The molecule has 0 radical (unpaired) electrons. The first kappa shape index (κ1) is 21.2. The van der Waals surface area contributed by atoms with Gasteiger partial charge in [0.05, 0.1) is 11.6 Å². The average molecular weight is 452 g/mol. The molecule has 0 aromatic heterocycles. The average Bonchev–Trinajstić information content (AvgIpc) is 3.04. The third kappa shape index (κ3) is 4.36. The lowest BCUT2D eigenvalue weighted by molar-refractivity contribution is -0.139. The topological polar surface area (TPSA) is 57.6 Å². The highest BCUT2D eigenvalue weighted by molar-refractivity contribution is 6.46. The fourth-order valence-electron chi connectivity index (χ4n) is 3.76. The first-order valence-electron chi connectivity index (χ1n) is 9.79. The number of halogens is 2. The van der Waals surface area contributed by atoms with Crippen LogP contribution in [0.1, 0.15) is 22.7 Å². The summed E-state index contributed by atoms with van der Waals surface area (Å²) < 4.78 is 0. The van der Waals surface area contributed by atoms with Crippen LogP contribution in [0.3, 0.4) is 0 Å². The predicted molar refractivity (Wildman–Crippen MR) is 122 cm³/mol. The van der Waals surface area contributed by atoms with E-state index in [2.05, 4.69) is 0 Å². The molecule has 156 valence electrons. The summed E-state index contributed by atoms with van der Waals surface area (Å²) in [5, 5.41) is 12.1. The minimum atomic E-state index is -0.711. The quantitative estimate of drug-likeness (QED) is 0.309. The number of likely N-dealkylation sites (tertiary alicyclic amines) is 1. The minimum Gasteiger partial charge on any atom is -0.507 e. The SMILES string of the molecule is O=C1C(=O)N(CCc2ccccc2)[C@H](c2ccc(Cl)cc2)C1=C(O)c1ccc(Cl)cc1. The Hall–Kier alpha value is -3.08. The number of aliphatic hydroxyl groups is 1. The van der Waals surface area contributed by atoms with Crippen LogP contribution in [-0.2, 0) is 16.0 Å². The van der Waals surface area contributed by atoms with Gasteiger partial charge in [-0.3, -0.25) is 9.59 Å². The van der Waals surface area contributed by atoms with Crippen LogP contribution in [-0.4, -0.2) is 28.2 Å². The normalized spacial score (nSPS) is 17.9. The van der Waals surface area contributed by atoms with Gasteiger partial charge in [0.2, 0.25) is 0 Å². The molecule has 4 nitrogen and oxygen atoms in total. The number of carbonyl (C=O) groups is 2. The zero-order valence-electron chi connectivity index (χ0n) is 16.5. The van der Waals surface area contributed by atoms with Gasteiger partial charge in [-0.2, -0.15) is 0 Å². The summed E-state index contributed by atoms with van der Waals surface area (Å²) in [5.41, 5.74) is 2.23. The number of ketones is 1. The number of Topliss-reactive ketones (excluding diaryl/α,β-unsaturated/α-hetero) is 1. The van der Waals surface area contributed by atoms with Crippen molar-refractivity contribution in [2.24, 2.45) is 0 Å². The van der Waals surface area contributed by atoms with Gasteiger partial charge in [-0.15, -0.1) is 0 Å². The molecule has 4 rings (SSSR count). The first-order chi connectivity index (χ1) is 15.0. The molecular weight excluding hydrogens is 433 g/mol. The van der Waals surface area contributed by atoms with Crippen LogP contribution in [0.5, 0.6) is 0 Å². The van der Waals surface area contributed by atoms with E-state index in [9.17, 15) is 14.7 Å². The van der Waals surface area contributed by atoms with Crippen molar-refractivity contribution < 1.29 is 14.7 Å². The van der Waals surface area contributed by atoms with Gasteiger partial charge in [0.15, 0.2) is 0 Å². The first-order valence-corrected chi connectivity index (χ1v) is 10.5. The molecule has 1 heterocycles. The fourth-order valence-corrected chi connectivity index (χ4v) is 4.01. The largest absolute Gasteiger partial charge is 0.507 e. The lowest BCUT2D eigenvalue weighted by Crippen LogP contribution is -2.31. The summed E-state index contributed by atoms with van der Waals surface area (Å²) in [6, 6.07) is 22.5. The van der Waals surface area contributed by atoms with Crippen molar-refractivity contribution >= 4 is 40.7 Å². The summed E-state index contributed by atoms with van der Waals surface area (Å²) in [6.07, 6.45) is 0.582. The predicted octanol–water partition coefficient (Wildman–Crippen LogP) is 5.66. The van der Waals surface area contributed by atoms with E-state index in [0.29, 0.717) is 34.1 Å². The third-order valence-electron chi connectivity index (χ3n) is 5.33. The van der Waals surface area contributed by atoms with Crippen molar-refractivity contribution in [1.29, 1.82) is 0 Å². The molecule has 31 heavy (non-hydrogen) atoms. The Labute approximate surface area is 190 Å². The number of aliphatic hydroxyl groups excluding tert-OH is 1. The molecule has 1 saturated heterocycles. The molecule has 6 heteroatoms. The molecule has 1 aliphatic rings. The standard InChI is InChI=1S/C25H19Cl2NO3/c26-19-10-6-17(7-11-19)22-21(23(29)18-8-12-20(27)13-9-18)24(30)25(31)28(22)15-14-16-4-2-1-3-5-16/h1-13,22,29H,14-15H2/t22-/m1/s1. The minimum absolute atomic E-state index is 0.0581. The molecule has 0 bridgehead atoms. The Morgan fingerprint density at radius 1 is 0.839 bits per heavy atom. The van der Waals surface area contributed by atoms with Crippen LogP contribution in [0, 0.1) is 0 Å². The Kier molecular flexibility index (Phi) is 6.12. The summed E-state index contributed by atoms with van der Waals surface area (Å²) in [4.78, 5) is 27.5. The van der Waals surface area contributed by atoms with Crippen molar-refractivity contribution in [3.05, 3.63) is 111 Å². The lowest BCUT2D eigenvalue weighted by Gasteiger charge is -2.25. The molecule has 1 amide bonds.